The van der Waals surface area contributed by atoms with Gasteiger partial charge in [-0.2, -0.15) is 0 Å². The van der Waals surface area contributed by atoms with Gasteiger partial charge in [0.1, 0.15) is 5.82 Å². The standard InChI is InChI=1S/C17H27FN2O/c1-3-19-17(15-8-4-5-9-16(15)18)13(2)11-20-10-6-7-14(20)12-21/h4-5,8-9,13-14,17,19,21H,3,6-7,10-12H2,1-2H3. The Labute approximate surface area is 127 Å². The van der Waals surface area contributed by atoms with Crippen molar-refractivity contribution in [2.75, 3.05) is 26.2 Å². The summed E-state index contributed by atoms with van der Waals surface area (Å²) in [5.74, 6) is 0.143. The molecule has 1 heterocycles. The Morgan fingerprint density at radius 3 is 2.86 bits per heavy atom. The van der Waals surface area contributed by atoms with Crippen LogP contribution in [0.3, 0.4) is 0 Å². The zero-order chi connectivity index (χ0) is 15.2. The number of aliphatic hydroxyl groups is 1. The zero-order valence-corrected chi connectivity index (χ0v) is 13.1. The summed E-state index contributed by atoms with van der Waals surface area (Å²) in [4.78, 5) is 2.34. The van der Waals surface area contributed by atoms with Crippen LogP contribution in [0.25, 0.3) is 0 Å². The zero-order valence-electron chi connectivity index (χ0n) is 13.1. The fourth-order valence-electron chi connectivity index (χ4n) is 3.38. The summed E-state index contributed by atoms with van der Waals surface area (Å²) in [5.41, 5.74) is 0.742. The summed E-state index contributed by atoms with van der Waals surface area (Å²) >= 11 is 0. The van der Waals surface area contributed by atoms with Gasteiger partial charge in [-0.3, -0.25) is 4.90 Å². The molecule has 3 unspecified atom stereocenters. The van der Waals surface area contributed by atoms with E-state index >= 15 is 0 Å². The maximum Gasteiger partial charge on any atom is 0.127 e. The van der Waals surface area contributed by atoms with Crippen molar-refractivity contribution in [2.45, 2.75) is 38.8 Å². The van der Waals surface area contributed by atoms with E-state index in [1.165, 1.54) is 6.07 Å². The molecule has 118 valence electrons. The molecule has 2 rings (SSSR count). The highest BCUT2D eigenvalue weighted by molar-refractivity contribution is 5.22. The van der Waals surface area contributed by atoms with Gasteiger partial charge in [0, 0.05) is 24.2 Å². The first-order chi connectivity index (χ1) is 10.2. The minimum absolute atomic E-state index is 0.0103. The van der Waals surface area contributed by atoms with Gasteiger partial charge in [-0.15, -0.1) is 0 Å². The molecule has 0 aromatic heterocycles. The third-order valence-electron chi connectivity index (χ3n) is 4.47. The van der Waals surface area contributed by atoms with Crippen molar-refractivity contribution in [1.29, 1.82) is 0 Å². The Morgan fingerprint density at radius 2 is 2.19 bits per heavy atom. The van der Waals surface area contributed by atoms with E-state index in [4.69, 9.17) is 0 Å². The number of likely N-dealkylation sites (tertiary alicyclic amines) is 1. The number of aliphatic hydroxyl groups excluding tert-OH is 1. The lowest BCUT2D eigenvalue weighted by molar-refractivity contribution is 0.135. The van der Waals surface area contributed by atoms with Gasteiger partial charge in [0.05, 0.1) is 6.61 Å². The molecule has 1 aliphatic heterocycles. The highest BCUT2D eigenvalue weighted by atomic mass is 19.1. The second-order valence-corrected chi connectivity index (χ2v) is 6.01. The summed E-state index contributed by atoms with van der Waals surface area (Å²) in [6.07, 6.45) is 2.21. The molecule has 1 saturated heterocycles. The fourth-order valence-corrected chi connectivity index (χ4v) is 3.38. The normalized spacial score (nSPS) is 22.4. The van der Waals surface area contributed by atoms with E-state index in [0.29, 0.717) is 0 Å². The van der Waals surface area contributed by atoms with Gasteiger partial charge in [-0.25, -0.2) is 4.39 Å². The third-order valence-corrected chi connectivity index (χ3v) is 4.47. The van der Waals surface area contributed by atoms with Gasteiger partial charge in [-0.1, -0.05) is 32.0 Å². The smallest absolute Gasteiger partial charge is 0.127 e. The maximum absolute atomic E-state index is 14.1. The van der Waals surface area contributed by atoms with E-state index in [9.17, 15) is 9.50 Å². The molecule has 0 aliphatic carbocycles. The maximum atomic E-state index is 14.1. The molecule has 3 atom stereocenters. The van der Waals surface area contributed by atoms with Crippen molar-refractivity contribution in [3.05, 3.63) is 35.6 Å². The first-order valence-electron chi connectivity index (χ1n) is 8.00. The Kier molecular flexibility index (Phi) is 6.15. The minimum atomic E-state index is -0.143. The van der Waals surface area contributed by atoms with Gasteiger partial charge < -0.3 is 10.4 Å². The van der Waals surface area contributed by atoms with Crippen molar-refractivity contribution in [1.82, 2.24) is 10.2 Å². The molecular weight excluding hydrogens is 267 g/mol. The average Bonchev–Trinajstić information content (AvgIpc) is 2.93. The van der Waals surface area contributed by atoms with Crippen LogP contribution in [-0.2, 0) is 0 Å². The molecule has 1 aromatic rings. The molecule has 21 heavy (non-hydrogen) atoms. The van der Waals surface area contributed by atoms with Crippen LogP contribution in [0.5, 0.6) is 0 Å². The summed E-state index contributed by atoms with van der Waals surface area (Å²) in [7, 11) is 0. The predicted molar refractivity (Wildman–Crippen MR) is 83.7 cm³/mol. The van der Waals surface area contributed by atoms with Crippen LogP contribution in [0, 0.1) is 11.7 Å². The Hall–Kier alpha value is -0.970. The molecule has 3 nitrogen and oxygen atoms in total. The Balaban J connectivity index is 2.09. The Bertz CT molecular complexity index is 441. The summed E-state index contributed by atoms with van der Waals surface area (Å²) in [6, 6.07) is 7.30. The van der Waals surface area contributed by atoms with E-state index < -0.39 is 0 Å². The van der Waals surface area contributed by atoms with Crippen molar-refractivity contribution < 1.29 is 9.50 Å². The van der Waals surface area contributed by atoms with Gasteiger partial charge in [0.25, 0.3) is 0 Å². The molecule has 2 N–H and O–H groups in total. The van der Waals surface area contributed by atoms with E-state index in [1.807, 2.05) is 19.1 Å². The van der Waals surface area contributed by atoms with Crippen molar-refractivity contribution in [2.24, 2.45) is 5.92 Å². The van der Waals surface area contributed by atoms with E-state index in [2.05, 4.69) is 17.1 Å². The molecular formula is C17H27FN2O. The highest BCUT2D eigenvalue weighted by Crippen LogP contribution is 2.27. The number of benzene rings is 1. The summed E-state index contributed by atoms with van der Waals surface area (Å²) in [6.45, 7) is 7.16. The number of nitrogens with zero attached hydrogens (tertiary/aromatic N) is 1. The second kappa shape index (κ2) is 7.87. The molecule has 1 aliphatic rings. The SMILES string of the molecule is CCNC(c1ccccc1F)C(C)CN1CCCC1CO. The lowest BCUT2D eigenvalue weighted by Gasteiger charge is -2.31. The molecule has 1 aromatic carbocycles. The molecule has 0 saturated carbocycles. The van der Waals surface area contributed by atoms with E-state index in [-0.39, 0.29) is 30.4 Å². The number of rotatable bonds is 7. The van der Waals surface area contributed by atoms with Crippen LogP contribution in [0.1, 0.15) is 38.3 Å². The lowest BCUT2D eigenvalue weighted by Crippen LogP contribution is -2.39. The van der Waals surface area contributed by atoms with Crippen LogP contribution in [0.15, 0.2) is 24.3 Å². The first-order valence-corrected chi connectivity index (χ1v) is 8.00. The molecule has 0 spiro atoms. The van der Waals surface area contributed by atoms with E-state index in [0.717, 1.165) is 38.0 Å². The Morgan fingerprint density at radius 1 is 1.43 bits per heavy atom. The van der Waals surface area contributed by atoms with Crippen LogP contribution >= 0.6 is 0 Å². The second-order valence-electron chi connectivity index (χ2n) is 6.01. The number of halogens is 1. The van der Waals surface area contributed by atoms with Crippen molar-refractivity contribution in [3.8, 4) is 0 Å². The van der Waals surface area contributed by atoms with Crippen LogP contribution in [0.4, 0.5) is 4.39 Å². The monoisotopic (exact) mass is 294 g/mol. The molecule has 1 fully saturated rings. The van der Waals surface area contributed by atoms with Crippen molar-refractivity contribution >= 4 is 0 Å². The summed E-state index contributed by atoms with van der Waals surface area (Å²) < 4.78 is 14.1. The predicted octanol–water partition coefficient (Wildman–Crippen LogP) is 2.57. The number of hydrogen-bond donors (Lipinski definition) is 2. The average molecular weight is 294 g/mol. The molecule has 0 amide bonds. The summed E-state index contributed by atoms with van der Waals surface area (Å²) in [5, 5.41) is 12.9. The quantitative estimate of drug-likeness (QED) is 0.811. The van der Waals surface area contributed by atoms with E-state index in [1.54, 1.807) is 6.07 Å². The largest absolute Gasteiger partial charge is 0.395 e. The van der Waals surface area contributed by atoms with Gasteiger partial charge in [0.15, 0.2) is 0 Å². The minimum Gasteiger partial charge on any atom is -0.395 e. The van der Waals surface area contributed by atoms with Crippen LogP contribution in [0.2, 0.25) is 0 Å². The lowest BCUT2D eigenvalue weighted by atomic mass is 9.93. The van der Waals surface area contributed by atoms with Crippen LogP contribution in [-0.4, -0.2) is 42.3 Å². The fraction of sp³-hybridized carbons (Fsp3) is 0.647. The molecule has 0 bridgehead atoms. The van der Waals surface area contributed by atoms with Gasteiger partial charge in [0.2, 0.25) is 0 Å². The topological polar surface area (TPSA) is 35.5 Å². The third kappa shape index (κ3) is 4.02. The number of nitrogens with one attached hydrogen (secondary N) is 1. The molecule has 0 radical (unpaired) electrons. The van der Waals surface area contributed by atoms with Crippen LogP contribution < -0.4 is 5.32 Å². The highest BCUT2D eigenvalue weighted by Gasteiger charge is 2.28. The van der Waals surface area contributed by atoms with Gasteiger partial charge in [-0.05, 0) is 37.9 Å². The van der Waals surface area contributed by atoms with Gasteiger partial charge >= 0.3 is 0 Å². The molecule has 4 heteroatoms. The van der Waals surface area contributed by atoms with Crippen molar-refractivity contribution in [3.63, 3.8) is 0 Å². The first kappa shape index (κ1) is 16.4. The number of hydrogen-bond acceptors (Lipinski definition) is 3.